The van der Waals surface area contributed by atoms with Crippen LogP contribution in [0.1, 0.15) is 18.4 Å². The van der Waals surface area contributed by atoms with Gasteiger partial charge in [0, 0.05) is 20.2 Å². The van der Waals surface area contributed by atoms with Gasteiger partial charge in [-0.1, -0.05) is 29.3 Å². The molecule has 1 saturated heterocycles. The number of carboxylic acids is 2. The van der Waals surface area contributed by atoms with E-state index < -0.39 is 11.9 Å². The number of likely N-dealkylation sites (tertiary alicyclic amines) is 1. The zero-order valence-corrected chi connectivity index (χ0v) is 14.9. The second kappa shape index (κ2) is 10.5. The first-order valence-corrected chi connectivity index (χ1v) is 8.20. The number of ether oxygens (including phenoxy) is 1. The fraction of sp³-hybridized carbons (Fsp3) is 0.500. The van der Waals surface area contributed by atoms with Gasteiger partial charge in [0.15, 0.2) is 0 Å². The zero-order valence-electron chi connectivity index (χ0n) is 13.4. The number of hydrogen-bond donors (Lipinski definition) is 2. The predicted octanol–water partition coefficient (Wildman–Crippen LogP) is 3.01. The fourth-order valence-electron chi connectivity index (χ4n) is 2.56. The fourth-order valence-corrected chi connectivity index (χ4v) is 2.88. The summed E-state index contributed by atoms with van der Waals surface area (Å²) in [6.07, 6.45) is 2.51. The Labute approximate surface area is 150 Å². The van der Waals surface area contributed by atoms with Crippen LogP contribution in [0.15, 0.2) is 18.2 Å². The van der Waals surface area contributed by atoms with Gasteiger partial charge in [-0.05, 0) is 43.0 Å². The summed E-state index contributed by atoms with van der Waals surface area (Å²) in [7, 11) is 1.78. The van der Waals surface area contributed by atoms with Gasteiger partial charge in [-0.3, -0.25) is 4.90 Å². The van der Waals surface area contributed by atoms with E-state index in [9.17, 15) is 0 Å². The molecule has 2 N–H and O–H groups in total. The summed E-state index contributed by atoms with van der Waals surface area (Å²) < 4.78 is 5.25. The Morgan fingerprint density at radius 1 is 1.25 bits per heavy atom. The number of benzene rings is 1. The molecule has 134 valence electrons. The highest BCUT2D eigenvalue weighted by atomic mass is 35.5. The van der Waals surface area contributed by atoms with Gasteiger partial charge in [0.1, 0.15) is 0 Å². The molecule has 2 rings (SSSR count). The van der Waals surface area contributed by atoms with E-state index in [1.165, 1.54) is 18.4 Å². The molecule has 0 bridgehead atoms. The second-order valence-electron chi connectivity index (χ2n) is 5.56. The summed E-state index contributed by atoms with van der Waals surface area (Å²) in [6.45, 7) is 4.06. The van der Waals surface area contributed by atoms with Gasteiger partial charge in [-0.15, -0.1) is 0 Å². The van der Waals surface area contributed by atoms with Crippen molar-refractivity contribution in [2.75, 3.05) is 26.8 Å². The molecule has 24 heavy (non-hydrogen) atoms. The van der Waals surface area contributed by atoms with Gasteiger partial charge >= 0.3 is 11.9 Å². The van der Waals surface area contributed by atoms with Crippen LogP contribution in [0.5, 0.6) is 0 Å². The number of hydrogen-bond acceptors (Lipinski definition) is 4. The molecule has 0 aliphatic carbocycles. The average Bonchev–Trinajstić information content (AvgIpc) is 2.52. The Kier molecular flexibility index (Phi) is 9.07. The molecule has 0 aromatic heterocycles. The van der Waals surface area contributed by atoms with Crippen LogP contribution in [0, 0.1) is 5.92 Å². The molecule has 0 spiro atoms. The van der Waals surface area contributed by atoms with Gasteiger partial charge in [0.05, 0.1) is 16.7 Å². The molecule has 1 fully saturated rings. The van der Waals surface area contributed by atoms with Crippen LogP contribution in [0.2, 0.25) is 10.0 Å². The number of piperidine rings is 1. The molecule has 8 heteroatoms. The molecule has 1 heterocycles. The van der Waals surface area contributed by atoms with Crippen molar-refractivity contribution in [2.45, 2.75) is 19.4 Å². The third-order valence-corrected chi connectivity index (χ3v) is 4.32. The molecule has 1 aromatic rings. The Morgan fingerprint density at radius 3 is 2.46 bits per heavy atom. The van der Waals surface area contributed by atoms with Crippen molar-refractivity contribution in [1.29, 1.82) is 0 Å². The number of aliphatic carboxylic acids is 2. The van der Waals surface area contributed by atoms with Gasteiger partial charge in [-0.25, -0.2) is 9.59 Å². The van der Waals surface area contributed by atoms with Gasteiger partial charge in [0.25, 0.3) is 0 Å². The third kappa shape index (κ3) is 7.49. The maximum atomic E-state index is 9.10. The summed E-state index contributed by atoms with van der Waals surface area (Å²) in [5, 5.41) is 16.0. The number of rotatable bonds is 4. The van der Waals surface area contributed by atoms with Crippen LogP contribution < -0.4 is 0 Å². The van der Waals surface area contributed by atoms with E-state index in [2.05, 4.69) is 4.90 Å². The summed E-state index contributed by atoms with van der Waals surface area (Å²) in [6, 6.07) is 5.88. The van der Waals surface area contributed by atoms with Gasteiger partial charge in [-0.2, -0.15) is 0 Å². The Bertz CT molecular complexity index is 553. The van der Waals surface area contributed by atoms with Crippen LogP contribution >= 0.6 is 23.2 Å². The SMILES string of the molecule is COCC1CCCN(Cc2ccc(Cl)c(Cl)c2)C1.O=C(O)C(=O)O. The first kappa shape index (κ1) is 20.7. The predicted molar refractivity (Wildman–Crippen MR) is 91.6 cm³/mol. The number of methoxy groups -OCH3 is 1. The lowest BCUT2D eigenvalue weighted by Gasteiger charge is -2.32. The molecule has 1 atom stereocenters. The van der Waals surface area contributed by atoms with Crippen LogP contribution in [-0.4, -0.2) is 53.9 Å². The Morgan fingerprint density at radius 2 is 1.92 bits per heavy atom. The van der Waals surface area contributed by atoms with Crippen molar-refractivity contribution in [3.8, 4) is 0 Å². The number of halogens is 2. The molecule has 6 nitrogen and oxygen atoms in total. The highest BCUT2D eigenvalue weighted by Crippen LogP contribution is 2.24. The van der Waals surface area contributed by atoms with Crippen LogP contribution in [0.3, 0.4) is 0 Å². The summed E-state index contributed by atoms with van der Waals surface area (Å²) >= 11 is 12.0. The van der Waals surface area contributed by atoms with Gasteiger partial charge < -0.3 is 14.9 Å². The van der Waals surface area contributed by atoms with E-state index >= 15 is 0 Å². The van der Waals surface area contributed by atoms with Crippen LogP contribution in [0.4, 0.5) is 0 Å². The maximum Gasteiger partial charge on any atom is 0.414 e. The molecule has 0 amide bonds. The minimum Gasteiger partial charge on any atom is -0.473 e. The number of nitrogens with zero attached hydrogens (tertiary/aromatic N) is 1. The largest absolute Gasteiger partial charge is 0.473 e. The Balaban J connectivity index is 0.000000413. The normalized spacial score (nSPS) is 17.7. The molecule has 0 saturated carbocycles. The molecular weight excluding hydrogens is 357 g/mol. The highest BCUT2D eigenvalue weighted by Gasteiger charge is 2.19. The summed E-state index contributed by atoms with van der Waals surface area (Å²) in [5.41, 5.74) is 1.22. The molecule has 1 unspecified atom stereocenters. The smallest absolute Gasteiger partial charge is 0.414 e. The van der Waals surface area contributed by atoms with Crippen molar-refractivity contribution in [3.63, 3.8) is 0 Å². The van der Waals surface area contributed by atoms with E-state index in [1.807, 2.05) is 18.2 Å². The molecule has 1 aromatic carbocycles. The lowest BCUT2D eigenvalue weighted by Crippen LogP contribution is -2.36. The topological polar surface area (TPSA) is 87.1 Å². The van der Waals surface area contributed by atoms with Gasteiger partial charge in [0.2, 0.25) is 0 Å². The summed E-state index contributed by atoms with van der Waals surface area (Å²) in [4.78, 5) is 20.7. The average molecular weight is 378 g/mol. The number of carboxylic acid groups (broad SMARTS) is 2. The third-order valence-electron chi connectivity index (χ3n) is 3.58. The lowest BCUT2D eigenvalue weighted by atomic mass is 9.98. The van der Waals surface area contributed by atoms with Crippen molar-refractivity contribution >= 4 is 35.1 Å². The molecule has 1 aliphatic rings. The molecule has 1 aliphatic heterocycles. The standard InChI is InChI=1S/C14H19Cl2NO.C2H2O4/c1-18-10-12-3-2-6-17(9-12)8-11-4-5-13(15)14(16)7-11;3-1(4)2(5)6/h4-5,7,12H,2-3,6,8-10H2,1H3;(H,3,4)(H,5,6). The first-order chi connectivity index (χ1) is 11.3. The van der Waals surface area contributed by atoms with E-state index in [0.29, 0.717) is 16.0 Å². The highest BCUT2D eigenvalue weighted by molar-refractivity contribution is 6.42. The minimum absolute atomic E-state index is 0.622. The monoisotopic (exact) mass is 377 g/mol. The minimum atomic E-state index is -1.82. The van der Waals surface area contributed by atoms with E-state index in [-0.39, 0.29) is 0 Å². The van der Waals surface area contributed by atoms with Crippen molar-refractivity contribution in [3.05, 3.63) is 33.8 Å². The Hall–Kier alpha value is -1.34. The van der Waals surface area contributed by atoms with Crippen LogP contribution in [-0.2, 0) is 20.9 Å². The summed E-state index contributed by atoms with van der Waals surface area (Å²) in [5.74, 6) is -2.99. The maximum absolute atomic E-state index is 9.10. The van der Waals surface area contributed by atoms with E-state index in [0.717, 1.165) is 26.2 Å². The van der Waals surface area contributed by atoms with Crippen molar-refractivity contribution in [1.82, 2.24) is 4.90 Å². The first-order valence-electron chi connectivity index (χ1n) is 7.45. The van der Waals surface area contributed by atoms with Crippen molar-refractivity contribution < 1.29 is 24.5 Å². The van der Waals surface area contributed by atoms with Crippen molar-refractivity contribution in [2.24, 2.45) is 5.92 Å². The van der Waals surface area contributed by atoms with Crippen LogP contribution in [0.25, 0.3) is 0 Å². The number of carbonyl (C=O) groups is 2. The zero-order chi connectivity index (χ0) is 18.1. The second-order valence-corrected chi connectivity index (χ2v) is 6.37. The molecule has 0 radical (unpaired) electrons. The van der Waals surface area contributed by atoms with E-state index in [4.69, 9.17) is 47.7 Å². The molecular formula is C16H21Cl2NO5. The van der Waals surface area contributed by atoms with E-state index in [1.54, 1.807) is 7.11 Å². The quantitative estimate of drug-likeness (QED) is 0.784. The lowest BCUT2D eigenvalue weighted by molar-refractivity contribution is -0.159.